The molecule has 0 spiro atoms. The number of hydrazone groups is 1. The second-order valence-corrected chi connectivity index (χ2v) is 6.91. The molecule has 0 aliphatic carbocycles. The van der Waals surface area contributed by atoms with Gasteiger partial charge in [0.05, 0.1) is 16.9 Å². The number of carbonyl (C=O) groups is 1. The number of imidazole rings is 1. The maximum atomic E-state index is 12.5. The van der Waals surface area contributed by atoms with Crippen LogP contribution in [-0.4, -0.2) is 21.5 Å². The Morgan fingerprint density at radius 3 is 2.86 bits per heavy atom. The number of rotatable bonds is 4. The van der Waals surface area contributed by atoms with E-state index in [0.29, 0.717) is 38.6 Å². The lowest BCUT2D eigenvalue weighted by Gasteiger charge is -2.02. The van der Waals surface area contributed by atoms with Gasteiger partial charge in [0, 0.05) is 16.8 Å². The van der Waals surface area contributed by atoms with Crippen LogP contribution in [0.15, 0.2) is 64.2 Å². The highest BCUT2D eigenvalue weighted by Gasteiger charge is 2.16. The van der Waals surface area contributed by atoms with Crippen LogP contribution < -0.4 is 5.43 Å². The molecule has 4 aromatic rings. The van der Waals surface area contributed by atoms with Crippen molar-refractivity contribution in [1.82, 2.24) is 14.8 Å². The number of nitrogens with one attached hydrogen (secondary N) is 1. The summed E-state index contributed by atoms with van der Waals surface area (Å²) in [6.07, 6.45) is 3.07. The molecule has 0 saturated heterocycles. The van der Waals surface area contributed by atoms with Crippen LogP contribution in [0.5, 0.6) is 0 Å². The average Bonchev–Trinajstić information content (AvgIpc) is 3.25. The highest BCUT2D eigenvalue weighted by molar-refractivity contribution is 6.31. The minimum absolute atomic E-state index is 0.369. The van der Waals surface area contributed by atoms with E-state index in [2.05, 4.69) is 15.5 Å². The number of hydrogen-bond donors (Lipinski definition) is 1. The van der Waals surface area contributed by atoms with Crippen LogP contribution in [-0.2, 0) is 0 Å². The van der Waals surface area contributed by atoms with Crippen LogP contribution in [0.25, 0.3) is 17.0 Å². The molecule has 3 aromatic heterocycles. The number of aryl methyl sites for hydroxylation is 1. The van der Waals surface area contributed by atoms with Gasteiger partial charge in [0.25, 0.3) is 5.91 Å². The van der Waals surface area contributed by atoms with Crippen LogP contribution in [0.2, 0.25) is 10.0 Å². The maximum Gasteiger partial charge on any atom is 0.290 e. The second-order valence-electron chi connectivity index (χ2n) is 6.03. The molecule has 3 heterocycles. The molecule has 0 aliphatic rings. The minimum atomic E-state index is -0.398. The molecule has 0 aliphatic heterocycles. The normalized spacial score (nSPS) is 11.4. The Morgan fingerprint density at radius 2 is 2.04 bits per heavy atom. The molecule has 0 atom stereocenters. The van der Waals surface area contributed by atoms with Gasteiger partial charge in [-0.1, -0.05) is 35.3 Å². The predicted molar refractivity (Wildman–Crippen MR) is 109 cm³/mol. The van der Waals surface area contributed by atoms with E-state index in [4.69, 9.17) is 27.6 Å². The molecule has 4 rings (SSSR count). The van der Waals surface area contributed by atoms with Gasteiger partial charge >= 0.3 is 0 Å². The zero-order valence-electron chi connectivity index (χ0n) is 14.7. The van der Waals surface area contributed by atoms with Gasteiger partial charge < -0.3 is 4.42 Å². The molecule has 6 nitrogen and oxygen atoms in total. The molecule has 0 fully saturated rings. The maximum absolute atomic E-state index is 12.5. The summed E-state index contributed by atoms with van der Waals surface area (Å²) in [6, 6.07) is 14.4. The topological polar surface area (TPSA) is 71.9 Å². The molecule has 0 saturated carbocycles. The lowest BCUT2D eigenvalue weighted by Crippen LogP contribution is -2.20. The van der Waals surface area contributed by atoms with Crippen LogP contribution in [0.4, 0.5) is 0 Å². The number of benzene rings is 1. The predicted octanol–water partition coefficient (Wildman–Crippen LogP) is 4.97. The molecule has 8 heteroatoms. The van der Waals surface area contributed by atoms with Crippen molar-refractivity contribution in [2.24, 2.45) is 5.10 Å². The van der Waals surface area contributed by atoms with E-state index >= 15 is 0 Å². The zero-order chi connectivity index (χ0) is 19.7. The fourth-order valence-corrected chi connectivity index (χ4v) is 3.19. The number of amides is 1. The summed E-state index contributed by atoms with van der Waals surface area (Å²) in [6.45, 7) is 1.75. The van der Waals surface area contributed by atoms with E-state index in [1.54, 1.807) is 41.8 Å². The first-order valence-electron chi connectivity index (χ1n) is 8.34. The van der Waals surface area contributed by atoms with Crippen LogP contribution >= 0.6 is 23.2 Å². The lowest BCUT2D eigenvalue weighted by atomic mass is 10.2. The van der Waals surface area contributed by atoms with Crippen molar-refractivity contribution in [2.45, 2.75) is 6.92 Å². The van der Waals surface area contributed by atoms with Crippen LogP contribution in [0, 0.1) is 6.92 Å². The average molecular weight is 413 g/mol. The van der Waals surface area contributed by atoms with Crippen molar-refractivity contribution in [3.8, 4) is 11.3 Å². The third kappa shape index (κ3) is 3.65. The van der Waals surface area contributed by atoms with E-state index in [9.17, 15) is 4.79 Å². The molecule has 0 radical (unpaired) electrons. The molecular weight excluding hydrogens is 399 g/mol. The van der Waals surface area contributed by atoms with Crippen molar-refractivity contribution in [3.63, 3.8) is 0 Å². The molecule has 1 amide bonds. The van der Waals surface area contributed by atoms with Crippen molar-refractivity contribution < 1.29 is 9.21 Å². The first-order chi connectivity index (χ1) is 13.5. The van der Waals surface area contributed by atoms with Crippen molar-refractivity contribution in [2.75, 3.05) is 0 Å². The molecule has 0 unspecified atom stereocenters. The summed E-state index contributed by atoms with van der Waals surface area (Å²) < 4.78 is 7.34. The van der Waals surface area contributed by atoms with Gasteiger partial charge in [-0.3, -0.25) is 9.20 Å². The first-order valence-corrected chi connectivity index (χ1v) is 9.10. The third-order valence-corrected chi connectivity index (χ3v) is 4.52. The van der Waals surface area contributed by atoms with Gasteiger partial charge in [-0.2, -0.15) is 5.10 Å². The Kier molecular flexibility index (Phi) is 4.90. The summed E-state index contributed by atoms with van der Waals surface area (Å²) in [5, 5.41) is 5.10. The number of fused-ring (bicyclic) bond motifs is 1. The Morgan fingerprint density at radius 1 is 1.18 bits per heavy atom. The Balaban J connectivity index is 1.51. The van der Waals surface area contributed by atoms with Gasteiger partial charge in [0.1, 0.15) is 22.9 Å². The SMILES string of the molecule is Cc1nc2ccc(Cl)cn2c1C(=O)N/N=C/c1ccc(-c2cccc(Cl)c2)o1. The highest BCUT2D eigenvalue weighted by atomic mass is 35.5. The Labute approximate surface area is 170 Å². The van der Waals surface area contributed by atoms with E-state index in [1.165, 1.54) is 6.21 Å². The number of hydrogen-bond acceptors (Lipinski definition) is 4. The fourth-order valence-electron chi connectivity index (χ4n) is 2.84. The molecule has 140 valence electrons. The number of nitrogens with zero attached hydrogens (tertiary/aromatic N) is 3. The minimum Gasteiger partial charge on any atom is -0.455 e. The Bertz CT molecular complexity index is 1210. The van der Waals surface area contributed by atoms with Crippen LogP contribution in [0.1, 0.15) is 21.9 Å². The number of pyridine rings is 1. The standard InChI is InChI=1S/C20H14Cl2N4O2/c1-12-19(26-11-15(22)5-8-18(26)24-12)20(27)25-23-10-16-6-7-17(28-16)13-3-2-4-14(21)9-13/h2-11H,1H3,(H,25,27)/b23-10+. The Hall–Kier alpha value is -3.09. The summed E-state index contributed by atoms with van der Waals surface area (Å²) in [5.74, 6) is 0.751. The lowest BCUT2D eigenvalue weighted by molar-refractivity contribution is 0.0948. The van der Waals surface area contributed by atoms with Crippen molar-refractivity contribution in [1.29, 1.82) is 0 Å². The molecular formula is C20H14Cl2N4O2. The highest BCUT2D eigenvalue weighted by Crippen LogP contribution is 2.24. The smallest absolute Gasteiger partial charge is 0.290 e. The fraction of sp³-hybridized carbons (Fsp3) is 0.0500. The molecule has 0 bridgehead atoms. The summed E-state index contributed by atoms with van der Waals surface area (Å²) in [4.78, 5) is 16.9. The summed E-state index contributed by atoms with van der Waals surface area (Å²) in [5.41, 5.74) is 4.93. The second kappa shape index (κ2) is 7.50. The van der Waals surface area contributed by atoms with Gasteiger partial charge in [-0.05, 0) is 43.3 Å². The molecule has 1 N–H and O–H groups in total. The van der Waals surface area contributed by atoms with Gasteiger partial charge in [-0.15, -0.1) is 0 Å². The molecule has 1 aromatic carbocycles. The van der Waals surface area contributed by atoms with Crippen molar-refractivity contribution >= 4 is 41.0 Å². The largest absolute Gasteiger partial charge is 0.455 e. The van der Waals surface area contributed by atoms with E-state index < -0.39 is 5.91 Å². The quantitative estimate of drug-likeness (QED) is 0.379. The summed E-state index contributed by atoms with van der Waals surface area (Å²) >= 11 is 12.0. The number of carbonyl (C=O) groups excluding carboxylic acids is 1. The van der Waals surface area contributed by atoms with Crippen molar-refractivity contribution in [3.05, 3.63) is 81.9 Å². The molecule has 28 heavy (non-hydrogen) atoms. The number of furan rings is 1. The van der Waals surface area contributed by atoms with Crippen LogP contribution in [0.3, 0.4) is 0 Å². The zero-order valence-corrected chi connectivity index (χ0v) is 16.2. The van der Waals surface area contributed by atoms with E-state index in [-0.39, 0.29) is 0 Å². The van der Waals surface area contributed by atoms with Gasteiger partial charge in [0.15, 0.2) is 0 Å². The van der Waals surface area contributed by atoms with Gasteiger partial charge in [0.2, 0.25) is 0 Å². The summed E-state index contributed by atoms with van der Waals surface area (Å²) in [7, 11) is 0. The first kappa shape index (κ1) is 18.3. The number of aromatic nitrogens is 2. The monoisotopic (exact) mass is 412 g/mol. The van der Waals surface area contributed by atoms with E-state index in [0.717, 1.165) is 5.56 Å². The van der Waals surface area contributed by atoms with Gasteiger partial charge in [-0.25, -0.2) is 10.4 Å². The number of halogens is 2. The third-order valence-electron chi connectivity index (χ3n) is 4.07. The van der Waals surface area contributed by atoms with E-state index in [1.807, 2.05) is 24.3 Å².